The van der Waals surface area contributed by atoms with Gasteiger partial charge in [-0.1, -0.05) is 25.5 Å². The van der Waals surface area contributed by atoms with Gasteiger partial charge in [-0.25, -0.2) is 9.07 Å². The molecule has 0 aliphatic heterocycles. The zero-order chi connectivity index (χ0) is 28.2. The smallest absolute Gasteiger partial charge is 0.493 e. The van der Waals surface area contributed by atoms with Gasteiger partial charge < -0.3 is 21.7 Å². The van der Waals surface area contributed by atoms with Crippen molar-refractivity contribution in [3.05, 3.63) is 102 Å². The molecule has 0 fully saturated rings. The van der Waals surface area contributed by atoms with Crippen LogP contribution in [0.3, 0.4) is 0 Å². The minimum absolute atomic E-state index is 0. The van der Waals surface area contributed by atoms with Crippen molar-refractivity contribution in [3.63, 3.8) is 0 Å². The number of ketones is 1. The van der Waals surface area contributed by atoms with Crippen LogP contribution in [0.1, 0.15) is 72.9 Å². The van der Waals surface area contributed by atoms with Gasteiger partial charge in [-0.3, -0.25) is 4.79 Å². The molecule has 0 atom stereocenters. The van der Waals surface area contributed by atoms with Crippen molar-refractivity contribution >= 4 is 17.8 Å². The van der Waals surface area contributed by atoms with E-state index in [1.807, 2.05) is 48.9 Å². The number of carbonyl (C=O) groups is 1. The molecular formula is C32H39FN2O4U. The summed E-state index contributed by atoms with van der Waals surface area (Å²) in [7, 11) is 3.23. The van der Waals surface area contributed by atoms with E-state index in [4.69, 9.17) is 9.47 Å². The Bertz CT molecular complexity index is 1330. The van der Waals surface area contributed by atoms with Crippen LogP contribution < -0.4 is 9.47 Å². The molecule has 3 rings (SSSR count). The van der Waals surface area contributed by atoms with Crippen LogP contribution in [0.2, 0.25) is 0 Å². The van der Waals surface area contributed by atoms with Gasteiger partial charge in [-0.05, 0) is 69.5 Å². The second-order valence-electron chi connectivity index (χ2n) is 8.81. The molecule has 3 aromatic rings. The van der Waals surface area contributed by atoms with Crippen LogP contribution in [-0.4, -0.2) is 36.1 Å². The van der Waals surface area contributed by atoms with Crippen molar-refractivity contribution in [1.29, 1.82) is 0 Å². The Morgan fingerprint density at radius 1 is 1.02 bits per heavy atom. The molecule has 0 aliphatic carbocycles. The van der Waals surface area contributed by atoms with Gasteiger partial charge in [0.25, 0.3) is 0 Å². The number of ether oxygens (including phenoxy) is 2. The fourth-order valence-electron chi connectivity index (χ4n) is 3.49. The monoisotopic (exact) mass is 772 g/mol. The zero-order valence-corrected chi connectivity index (χ0v) is 28.9. The molecule has 40 heavy (non-hydrogen) atoms. The summed E-state index contributed by atoms with van der Waals surface area (Å²) in [5.41, 5.74) is 5.26. The molecule has 1 heterocycles. The van der Waals surface area contributed by atoms with Crippen LogP contribution >= 0.6 is 0 Å². The third-order valence-corrected chi connectivity index (χ3v) is 5.93. The third kappa shape index (κ3) is 10.2. The number of aryl methyl sites for hydroxylation is 2. The summed E-state index contributed by atoms with van der Waals surface area (Å²) in [5.74, 6) is 1.02. The number of methoxy groups -OCH3 is 2. The summed E-state index contributed by atoms with van der Waals surface area (Å²) in [5, 5.41) is 4.60. The molecular weight excluding hydrogens is 733 g/mol. The largest absolute Gasteiger partial charge is 2.00 e. The molecule has 1 aromatic heterocycles. The van der Waals surface area contributed by atoms with Gasteiger partial charge >= 0.3 is 31.1 Å². The maximum atomic E-state index is 12.6. The number of aromatic nitrogens is 2. The van der Waals surface area contributed by atoms with Gasteiger partial charge in [0, 0.05) is 17.7 Å². The first kappa shape index (κ1) is 37.1. The summed E-state index contributed by atoms with van der Waals surface area (Å²) >= 11 is 0. The minimum atomic E-state index is -0.360. The Labute approximate surface area is 262 Å². The number of halogens is 1. The molecule has 0 saturated heterocycles. The van der Waals surface area contributed by atoms with E-state index in [-0.39, 0.29) is 55.7 Å². The summed E-state index contributed by atoms with van der Waals surface area (Å²) in [6.07, 6.45) is 8.00. The molecule has 0 bridgehead atoms. The maximum Gasteiger partial charge on any atom is 2.00 e. The molecule has 0 spiro atoms. The molecule has 2 aromatic carbocycles. The van der Waals surface area contributed by atoms with E-state index in [9.17, 15) is 14.0 Å². The maximum absolute atomic E-state index is 12.6. The quantitative estimate of drug-likeness (QED) is 0.122. The second-order valence-corrected chi connectivity index (χ2v) is 8.81. The van der Waals surface area contributed by atoms with Crippen LogP contribution in [0, 0.1) is 58.2 Å². The Morgan fingerprint density at radius 3 is 2.25 bits per heavy atom. The average molecular weight is 773 g/mol. The first-order valence-corrected chi connectivity index (χ1v) is 12.5. The number of hydrogen-bond donors (Lipinski definition) is 0. The molecule has 0 unspecified atom stereocenters. The average Bonchev–Trinajstić information content (AvgIpc) is 3.31. The fraction of sp³-hybridized carbons (Fsp3) is 0.312. The number of nitrogens with zero attached hydrogens (tertiary/aromatic N) is 2. The predicted molar refractivity (Wildman–Crippen MR) is 156 cm³/mol. The van der Waals surface area contributed by atoms with E-state index in [2.05, 4.69) is 25.0 Å². The van der Waals surface area contributed by atoms with Crippen molar-refractivity contribution in [2.75, 3.05) is 14.2 Å². The number of Topliss-reactive ketones (excluding diaryl/α,β-unsaturated/α-hetero) is 1. The van der Waals surface area contributed by atoms with Gasteiger partial charge in [0.05, 0.1) is 32.0 Å². The Kier molecular flexibility index (Phi) is 17.1. The number of allylic oxidation sites excluding steroid dienone is 3. The van der Waals surface area contributed by atoms with E-state index in [1.165, 1.54) is 17.7 Å². The number of hydrogen-bond acceptors (Lipinski definition) is 5. The van der Waals surface area contributed by atoms with Crippen LogP contribution in [-0.2, 0) is 4.79 Å². The Balaban J connectivity index is 0.00000107. The zero-order valence-electron chi connectivity index (χ0n) is 24.7. The van der Waals surface area contributed by atoms with Crippen LogP contribution in [0.15, 0.2) is 60.2 Å². The van der Waals surface area contributed by atoms with Crippen molar-refractivity contribution < 1.29 is 54.6 Å². The van der Waals surface area contributed by atoms with E-state index < -0.39 is 0 Å². The minimum Gasteiger partial charge on any atom is -0.493 e. The molecule has 6 nitrogen and oxygen atoms in total. The molecule has 0 radical (unpaired) electrons. The normalized spacial score (nSPS) is 10.9. The van der Waals surface area contributed by atoms with Gasteiger partial charge in [0.15, 0.2) is 17.3 Å². The number of carbonyl (C=O) groups excluding carboxylic acids is 2. The SMILES string of the molecule is CCCC(=O)c1cc(C)n(/C(=C\C=C(C)CC)c2ccc(OC)c(OC)c2)n1.Cc1ccc([C-]=O)cc1F.[CH3-].[U+2]. The van der Waals surface area contributed by atoms with Crippen molar-refractivity contribution in [1.82, 2.24) is 9.78 Å². The standard InChI is InChI=1S/C23H30N2O3.C8H6FO.CH3.U/c1-7-9-21(26)19-14-17(4)25(24-19)20(12-10-16(3)8-2)18-11-13-22(27-5)23(15-18)28-6;1-6-2-3-7(5-10)4-8(6)9;;/h10-15H,7-9H2,1-6H3;2-4H,1H3;1H3;/q;2*-1;+2/b16-10?,20-12-;;;. The third-order valence-electron chi connectivity index (χ3n) is 5.93. The van der Waals surface area contributed by atoms with Gasteiger partial charge in [0.2, 0.25) is 0 Å². The van der Waals surface area contributed by atoms with E-state index in [0.29, 0.717) is 29.2 Å². The van der Waals surface area contributed by atoms with Crippen LogP contribution in [0.5, 0.6) is 11.5 Å². The van der Waals surface area contributed by atoms with Crippen molar-refractivity contribution in [2.45, 2.75) is 53.9 Å². The molecule has 0 amide bonds. The van der Waals surface area contributed by atoms with Crippen LogP contribution in [0.25, 0.3) is 5.70 Å². The van der Waals surface area contributed by atoms with Gasteiger partial charge in [-0.15, -0.1) is 17.7 Å². The van der Waals surface area contributed by atoms with Gasteiger partial charge in [-0.2, -0.15) is 11.2 Å². The Hall–Kier alpha value is -2.95. The number of rotatable bonds is 10. The summed E-state index contributed by atoms with van der Waals surface area (Å²) in [6.45, 7) is 9.81. The summed E-state index contributed by atoms with van der Waals surface area (Å²) in [6, 6.07) is 11.9. The molecule has 0 saturated carbocycles. The van der Waals surface area contributed by atoms with E-state index in [0.717, 1.165) is 29.8 Å². The Morgan fingerprint density at radius 2 is 1.70 bits per heavy atom. The molecule has 0 N–H and O–H groups in total. The van der Waals surface area contributed by atoms with Gasteiger partial charge in [0.1, 0.15) is 5.69 Å². The summed E-state index contributed by atoms with van der Waals surface area (Å²) < 4.78 is 25.2. The molecule has 212 valence electrons. The van der Waals surface area contributed by atoms with Crippen molar-refractivity contribution in [3.8, 4) is 11.5 Å². The van der Waals surface area contributed by atoms with Crippen molar-refractivity contribution in [2.24, 2.45) is 0 Å². The topological polar surface area (TPSA) is 70.4 Å². The molecule has 0 aliphatic rings. The second kappa shape index (κ2) is 18.4. The first-order chi connectivity index (χ1) is 18.2. The number of benzene rings is 2. The fourth-order valence-corrected chi connectivity index (χ4v) is 3.49. The summed E-state index contributed by atoms with van der Waals surface area (Å²) in [4.78, 5) is 22.3. The first-order valence-electron chi connectivity index (χ1n) is 12.5. The predicted octanol–water partition coefficient (Wildman–Crippen LogP) is 7.48. The van der Waals surface area contributed by atoms with Crippen LogP contribution in [0.4, 0.5) is 4.39 Å². The van der Waals surface area contributed by atoms with E-state index >= 15 is 0 Å². The molecule has 8 heteroatoms. The van der Waals surface area contributed by atoms with E-state index in [1.54, 1.807) is 33.5 Å².